The molecular formula is C62H38N6S2. The number of hydrogen-bond acceptors (Lipinski definition) is 8. The smallest absolute Gasteiger partial charge is 0.0945 e. The van der Waals surface area contributed by atoms with Crippen LogP contribution in [0, 0.1) is 0 Å². The first-order chi connectivity index (χ1) is 34.7. The van der Waals surface area contributed by atoms with Gasteiger partial charge in [0.05, 0.1) is 38.8 Å². The van der Waals surface area contributed by atoms with Crippen LogP contribution in [0.3, 0.4) is 0 Å². The summed E-state index contributed by atoms with van der Waals surface area (Å²) in [6.07, 6.45) is 13.0. The van der Waals surface area contributed by atoms with Crippen molar-refractivity contribution in [2.24, 2.45) is 0 Å². The highest BCUT2D eigenvalue weighted by molar-refractivity contribution is 8.02. The van der Waals surface area contributed by atoms with E-state index in [9.17, 15) is 0 Å². The van der Waals surface area contributed by atoms with Gasteiger partial charge in [-0.3, -0.25) is 19.9 Å². The van der Waals surface area contributed by atoms with Gasteiger partial charge in [0, 0.05) is 69.3 Å². The van der Waals surface area contributed by atoms with Crippen molar-refractivity contribution in [3.8, 4) is 67.2 Å². The average Bonchev–Trinajstić information content (AvgIpc) is 3.72. The van der Waals surface area contributed by atoms with Crippen molar-refractivity contribution in [1.29, 1.82) is 0 Å². The molecule has 0 amide bonds. The molecule has 70 heavy (non-hydrogen) atoms. The molecule has 8 heteroatoms. The van der Waals surface area contributed by atoms with Gasteiger partial charge >= 0.3 is 0 Å². The number of benzene rings is 6. The molecule has 14 rings (SSSR count). The summed E-state index contributed by atoms with van der Waals surface area (Å²) in [4.78, 5) is 31.2. The first-order valence-electron chi connectivity index (χ1n) is 23.3. The molecule has 6 aromatic carbocycles. The number of para-hydroxylation sites is 1. The summed E-state index contributed by atoms with van der Waals surface area (Å²) in [5.74, 6) is 0. The van der Waals surface area contributed by atoms with Crippen LogP contribution in [0.1, 0.15) is 22.3 Å². The lowest BCUT2D eigenvalue weighted by Crippen LogP contribution is -2.32. The molecule has 1 atom stereocenters. The van der Waals surface area contributed by atoms with Gasteiger partial charge in [-0.1, -0.05) is 108 Å². The minimum absolute atomic E-state index is 0.669. The maximum absolute atomic E-state index is 5.71. The molecule has 0 fully saturated rings. The van der Waals surface area contributed by atoms with Crippen LogP contribution < -0.4 is 4.90 Å². The highest BCUT2D eigenvalue weighted by Crippen LogP contribution is 2.65. The van der Waals surface area contributed by atoms with Gasteiger partial charge < -0.3 is 4.90 Å². The van der Waals surface area contributed by atoms with Crippen molar-refractivity contribution in [3.05, 3.63) is 254 Å². The Morgan fingerprint density at radius 3 is 1.71 bits per heavy atom. The molecule has 0 saturated carbocycles. The summed E-state index contributed by atoms with van der Waals surface area (Å²) in [6, 6.07) is 68.1. The minimum Gasteiger partial charge on any atom is -0.308 e. The number of fused-ring (bicyclic) bond motifs is 12. The summed E-state index contributed by atoms with van der Waals surface area (Å²) in [5, 5.41) is 0. The van der Waals surface area contributed by atoms with Crippen molar-refractivity contribution in [3.63, 3.8) is 0 Å². The Morgan fingerprint density at radius 1 is 0.357 bits per heavy atom. The van der Waals surface area contributed by atoms with E-state index in [1.54, 1.807) is 0 Å². The van der Waals surface area contributed by atoms with Crippen molar-refractivity contribution < 1.29 is 0 Å². The fourth-order valence-electron chi connectivity index (χ4n) is 10.8. The van der Waals surface area contributed by atoms with Gasteiger partial charge in [0.25, 0.3) is 0 Å². The second-order valence-corrected chi connectivity index (χ2v) is 19.7. The first kappa shape index (κ1) is 40.6. The van der Waals surface area contributed by atoms with E-state index in [-0.39, 0.29) is 0 Å². The van der Waals surface area contributed by atoms with E-state index in [0.717, 1.165) is 89.7 Å². The largest absolute Gasteiger partial charge is 0.308 e. The molecular weight excluding hydrogens is 893 g/mol. The van der Waals surface area contributed by atoms with Gasteiger partial charge in [-0.15, -0.1) is 0 Å². The molecule has 0 bridgehead atoms. The topological polar surface area (TPSA) is 67.7 Å². The molecule has 0 N–H and O–H groups in total. The lowest BCUT2D eigenvalue weighted by atomic mass is 9.67. The number of pyridine rings is 5. The first-order valence-corrected chi connectivity index (χ1v) is 24.9. The maximum Gasteiger partial charge on any atom is 0.0945 e. The Hall–Kier alpha value is -8.43. The van der Waals surface area contributed by atoms with E-state index in [1.165, 1.54) is 36.4 Å². The number of anilines is 3. The fourth-order valence-corrected chi connectivity index (χ4v) is 13.4. The third-order valence-electron chi connectivity index (χ3n) is 13.9. The number of hydrogen-bond donors (Lipinski definition) is 0. The zero-order chi connectivity index (χ0) is 46.2. The molecule has 11 aromatic rings. The Kier molecular flexibility index (Phi) is 9.50. The molecule has 0 saturated heterocycles. The Morgan fingerprint density at radius 2 is 0.957 bits per heavy atom. The molecule has 5 aromatic heterocycles. The summed E-state index contributed by atoms with van der Waals surface area (Å²) in [6.45, 7) is 0. The van der Waals surface area contributed by atoms with Gasteiger partial charge in [0.2, 0.25) is 0 Å². The van der Waals surface area contributed by atoms with Crippen LogP contribution in [-0.2, 0) is 5.41 Å². The zero-order valence-electron chi connectivity index (χ0n) is 37.4. The molecule has 2 aliphatic heterocycles. The Balaban J connectivity index is 0.954. The van der Waals surface area contributed by atoms with Crippen LogP contribution in [0.4, 0.5) is 17.1 Å². The number of rotatable bonds is 6. The van der Waals surface area contributed by atoms with Crippen molar-refractivity contribution >= 4 is 40.6 Å². The normalized spacial score (nSPS) is 14.8. The molecule has 7 heterocycles. The predicted molar refractivity (Wildman–Crippen MR) is 283 cm³/mol. The van der Waals surface area contributed by atoms with Crippen LogP contribution in [0.5, 0.6) is 0 Å². The summed E-state index contributed by atoms with van der Waals surface area (Å²) in [5.41, 5.74) is 20.2. The summed E-state index contributed by atoms with van der Waals surface area (Å²) >= 11 is 3.74. The summed E-state index contributed by atoms with van der Waals surface area (Å²) in [7, 11) is 0. The average molecular weight is 931 g/mol. The van der Waals surface area contributed by atoms with Crippen molar-refractivity contribution in [2.45, 2.75) is 25.0 Å². The monoisotopic (exact) mass is 930 g/mol. The fraction of sp³-hybridized carbons (Fsp3) is 0.0161. The van der Waals surface area contributed by atoms with E-state index in [2.05, 4.69) is 208 Å². The molecule has 328 valence electrons. The quantitative estimate of drug-likeness (QED) is 0.163. The lowest BCUT2D eigenvalue weighted by Gasteiger charge is -2.42. The van der Waals surface area contributed by atoms with E-state index < -0.39 is 5.41 Å². The highest BCUT2D eigenvalue weighted by atomic mass is 32.2. The Bertz CT molecular complexity index is 3810. The molecule has 1 spiro atoms. The number of nitrogens with zero attached hydrogens (tertiary/aromatic N) is 6. The standard InChI is InChI=1S/C62H38N6S2/c1-2-12-48(47(11-1)45-36-43(40-24-31-64-32-25-40)35-44(37-45)41-26-33-65-34-27-41)53-20-18-51-59(67-53)58-50(14-8-28-66-58)62(51)49-13-3-5-16-56(49)69-60-52(62)19-21-55-61(60)70-57-17-6-4-15-54(57)68(55)46-10-7-9-42(38-46)39-22-29-63-30-23-39/h1-38H. The molecule has 0 radical (unpaired) electrons. The van der Waals surface area contributed by atoms with E-state index in [4.69, 9.17) is 9.97 Å². The second-order valence-electron chi connectivity index (χ2n) is 17.6. The van der Waals surface area contributed by atoms with Gasteiger partial charge in [-0.25, -0.2) is 4.98 Å². The van der Waals surface area contributed by atoms with E-state index >= 15 is 0 Å². The third kappa shape index (κ3) is 6.34. The molecule has 3 aliphatic rings. The predicted octanol–water partition coefficient (Wildman–Crippen LogP) is 15.8. The second kappa shape index (κ2) is 16.4. The van der Waals surface area contributed by atoms with Crippen LogP contribution in [0.25, 0.3) is 67.2 Å². The third-order valence-corrected chi connectivity index (χ3v) is 16.4. The van der Waals surface area contributed by atoms with Crippen LogP contribution in [0.15, 0.2) is 251 Å². The minimum atomic E-state index is -0.669. The van der Waals surface area contributed by atoms with E-state index in [1.807, 2.05) is 66.9 Å². The van der Waals surface area contributed by atoms with E-state index in [0.29, 0.717) is 0 Å². The van der Waals surface area contributed by atoms with Crippen LogP contribution in [-0.4, -0.2) is 24.9 Å². The molecule has 6 nitrogen and oxygen atoms in total. The SMILES string of the molecule is c1cc(-c2ccncc2)cc(N2c3ccccc3Sc3c2ccc2c3Sc3ccccc3C23c2cccnc2-c2nc(-c4ccccc4-c4cc(-c5ccncc5)cc(-c5ccncc5)c4)ccc23)c1. The van der Waals surface area contributed by atoms with Gasteiger partial charge in [0.1, 0.15) is 0 Å². The lowest BCUT2D eigenvalue weighted by molar-refractivity contribution is 0.711. The maximum atomic E-state index is 5.71. The zero-order valence-corrected chi connectivity index (χ0v) is 39.1. The number of aromatic nitrogens is 5. The summed E-state index contributed by atoms with van der Waals surface area (Å²) < 4.78 is 0. The van der Waals surface area contributed by atoms with Crippen molar-refractivity contribution in [1.82, 2.24) is 24.9 Å². The Labute approximate surface area is 413 Å². The molecule has 1 unspecified atom stereocenters. The van der Waals surface area contributed by atoms with Crippen LogP contribution in [0.2, 0.25) is 0 Å². The van der Waals surface area contributed by atoms with Gasteiger partial charge in [-0.05, 0) is 170 Å². The highest BCUT2D eigenvalue weighted by Gasteiger charge is 2.52. The van der Waals surface area contributed by atoms with Gasteiger partial charge in [0.15, 0.2) is 0 Å². The van der Waals surface area contributed by atoms with Crippen molar-refractivity contribution in [2.75, 3.05) is 4.90 Å². The van der Waals surface area contributed by atoms with Gasteiger partial charge in [-0.2, -0.15) is 0 Å². The molecule has 1 aliphatic carbocycles. The van der Waals surface area contributed by atoms with Crippen LogP contribution >= 0.6 is 23.5 Å².